The lowest BCUT2D eigenvalue weighted by Gasteiger charge is -2.27. The molecular formula is C22H20N2O3. The van der Waals surface area contributed by atoms with Crippen molar-refractivity contribution >= 4 is 5.69 Å². The predicted molar refractivity (Wildman–Crippen MR) is 104 cm³/mol. The fraction of sp³-hybridized carbons (Fsp3) is 0.182. The number of nitrogens with zero attached hydrogens (tertiary/aromatic N) is 1. The molecule has 5 heteroatoms. The normalized spacial score (nSPS) is 15.8. The third kappa shape index (κ3) is 3.83. The van der Waals surface area contributed by atoms with E-state index in [9.17, 15) is 10.1 Å². The number of ether oxygens (including phenoxy) is 1. The number of nitro benzene ring substituents is 1. The topological polar surface area (TPSA) is 64.4 Å². The Hall–Kier alpha value is -3.18. The summed E-state index contributed by atoms with van der Waals surface area (Å²) in [5.74, 6) is 0.863. The number of nitrogens with one attached hydrogen (secondary N) is 1. The Labute approximate surface area is 157 Å². The fourth-order valence-electron chi connectivity index (χ4n) is 3.46. The van der Waals surface area contributed by atoms with Crippen molar-refractivity contribution in [2.24, 2.45) is 0 Å². The first-order valence-corrected chi connectivity index (χ1v) is 8.98. The van der Waals surface area contributed by atoms with E-state index in [2.05, 4.69) is 17.4 Å². The fourth-order valence-corrected chi connectivity index (χ4v) is 3.46. The van der Waals surface area contributed by atoms with Crippen molar-refractivity contribution in [2.75, 3.05) is 6.54 Å². The van der Waals surface area contributed by atoms with E-state index >= 15 is 0 Å². The largest absolute Gasteiger partial charge is 0.489 e. The summed E-state index contributed by atoms with van der Waals surface area (Å²) in [4.78, 5) is 10.5. The molecule has 3 aromatic rings. The summed E-state index contributed by atoms with van der Waals surface area (Å²) in [7, 11) is 0. The van der Waals surface area contributed by atoms with Crippen LogP contribution in [-0.4, -0.2) is 11.5 Å². The van der Waals surface area contributed by atoms with E-state index in [0.29, 0.717) is 6.61 Å². The van der Waals surface area contributed by atoms with Crippen LogP contribution >= 0.6 is 0 Å². The Morgan fingerprint density at radius 2 is 1.81 bits per heavy atom. The van der Waals surface area contributed by atoms with Gasteiger partial charge in [-0.05, 0) is 40.8 Å². The van der Waals surface area contributed by atoms with Crippen LogP contribution in [-0.2, 0) is 13.0 Å². The van der Waals surface area contributed by atoms with E-state index in [1.807, 2.05) is 48.5 Å². The van der Waals surface area contributed by atoms with Crippen LogP contribution < -0.4 is 10.1 Å². The summed E-state index contributed by atoms with van der Waals surface area (Å²) in [6, 6.07) is 23.1. The molecule has 0 saturated carbocycles. The number of fused-ring (bicyclic) bond motifs is 1. The zero-order valence-corrected chi connectivity index (χ0v) is 14.8. The molecule has 1 aliphatic rings. The lowest BCUT2D eigenvalue weighted by Crippen LogP contribution is -2.30. The van der Waals surface area contributed by atoms with Crippen molar-refractivity contribution in [3.63, 3.8) is 0 Å². The molecule has 0 bridgehead atoms. The van der Waals surface area contributed by atoms with Gasteiger partial charge in [-0.1, -0.05) is 48.5 Å². The van der Waals surface area contributed by atoms with Gasteiger partial charge in [0.15, 0.2) is 0 Å². The highest BCUT2D eigenvalue weighted by molar-refractivity contribution is 5.45. The zero-order valence-electron chi connectivity index (χ0n) is 14.8. The molecular weight excluding hydrogens is 340 g/mol. The maximum absolute atomic E-state index is 10.9. The minimum atomic E-state index is -0.373. The van der Waals surface area contributed by atoms with Gasteiger partial charge in [-0.15, -0.1) is 0 Å². The molecule has 0 aliphatic carbocycles. The van der Waals surface area contributed by atoms with Gasteiger partial charge in [0.1, 0.15) is 12.4 Å². The Morgan fingerprint density at radius 1 is 1.04 bits per heavy atom. The zero-order chi connectivity index (χ0) is 18.6. The Balaban J connectivity index is 1.53. The first-order valence-electron chi connectivity index (χ1n) is 8.98. The summed E-state index contributed by atoms with van der Waals surface area (Å²) < 4.78 is 5.95. The highest BCUT2D eigenvalue weighted by atomic mass is 16.6. The molecule has 0 fully saturated rings. The first kappa shape index (κ1) is 17.2. The van der Waals surface area contributed by atoms with Gasteiger partial charge < -0.3 is 10.1 Å². The number of non-ortho nitro benzene ring substituents is 1. The number of hydrogen-bond donors (Lipinski definition) is 1. The summed E-state index contributed by atoms with van der Waals surface area (Å²) in [6.45, 7) is 1.40. The van der Waals surface area contributed by atoms with E-state index in [-0.39, 0.29) is 16.7 Å². The van der Waals surface area contributed by atoms with Crippen LogP contribution in [0.25, 0.3) is 0 Å². The van der Waals surface area contributed by atoms with Crippen LogP contribution in [0.4, 0.5) is 5.69 Å². The quantitative estimate of drug-likeness (QED) is 0.541. The first-order chi connectivity index (χ1) is 13.2. The summed E-state index contributed by atoms with van der Waals surface area (Å²) in [5.41, 5.74) is 4.73. The molecule has 0 radical (unpaired) electrons. The number of benzene rings is 3. The maximum atomic E-state index is 10.9. The molecule has 3 aromatic carbocycles. The van der Waals surface area contributed by atoms with Crippen molar-refractivity contribution in [2.45, 2.75) is 19.1 Å². The maximum Gasteiger partial charge on any atom is 0.269 e. The van der Waals surface area contributed by atoms with Crippen LogP contribution in [0.1, 0.15) is 28.3 Å². The van der Waals surface area contributed by atoms with Crippen LogP contribution in [0.5, 0.6) is 5.75 Å². The average Bonchev–Trinajstić information content (AvgIpc) is 2.72. The van der Waals surface area contributed by atoms with Gasteiger partial charge >= 0.3 is 0 Å². The van der Waals surface area contributed by atoms with Gasteiger partial charge in [0, 0.05) is 18.7 Å². The molecule has 27 heavy (non-hydrogen) atoms. The van der Waals surface area contributed by atoms with Gasteiger partial charge in [0.2, 0.25) is 0 Å². The highest BCUT2D eigenvalue weighted by Crippen LogP contribution is 2.32. The third-order valence-electron chi connectivity index (χ3n) is 4.85. The van der Waals surface area contributed by atoms with Crippen LogP contribution in [0.3, 0.4) is 0 Å². The molecule has 1 aliphatic heterocycles. The van der Waals surface area contributed by atoms with Gasteiger partial charge in [0.05, 0.1) is 11.0 Å². The highest BCUT2D eigenvalue weighted by Gasteiger charge is 2.22. The third-order valence-corrected chi connectivity index (χ3v) is 4.85. The molecule has 1 heterocycles. The van der Waals surface area contributed by atoms with E-state index in [4.69, 9.17) is 4.74 Å². The van der Waals surface area contributed by atoms with Crippen molar-refractivity contribution in [3.8, 4) is 5.75 Å². The molecule has 136 valence electrons. The van der Waals surface area contributed by atoms with E-state index in [1.54, 1.807) is 12.1 Å². The number of hydrogen-bond acceptors (Lipinski definition) is 4. The molecule has 1 atom stereocenters. The molecule has 0 spiro atoms. The average molecular weight is 360 g/mol. The lowest BCUT2D eigenvalue weighted by molar-refractivity contribution is -0.384. The molecule has 0 amide bonds. The van der Waals surface area contributed by atoms with Crippen molar-refractivity contribution < 1.29 is 9.66 Å². The molecule has 1 unspecified atom stereocenters. The van der Waals surface area contributed by atoms with Gasteiger partial charge in [-0.2, -0.15) is 0 Å². The Kier molecular flexibility index (Phi) is 4.85. The second kappa shape index (κ2) is 7.60. The van der Waals surface area contributed by atoms with Crippen LogP contribution in [0.15, 0.2) is 72.8 Å². The predicted octanol–water partition coefficient (Wildman–Crippen LogP) is 4.41. The molecule has 5 nitrogen and oxygen atoms in total. The Bertz CT molecular complexity index is 940. The molecule has 1 N–H and O–H groups in total. The standard InChI is InChI=1S/C22H20N2O3/c25-24(26)19-8-6-17(7-9-19)22-21-11-10-20(14-18(21)12-13-23-22)27-15-16-4-2-1-3-5-16/h1-11,14,22-23H,12-13,15H2. The van der Waals surface area contributed by atoms with E-state index in [0.717, 1.165) is 29.8 Å². The van der Waals surface area contributed by atoms with Crippen molar-refractivity contribution in [3.05, 3.63) is 105 Å². The summed E-state index contributed by atoms with van der Waals surface area (Å²) in [5, 5.41) is 14.4. The summed E-state index contributed by atoms with van der Waals surface area (Å²) in [6.07, 6.45) is 0.932. The Morgan fingerprint density at radius 3 is 2.56 bits per heavy atom. The molecule has 4 rings (SSSR count). The molecule has 0 aromatic heterocycles. The van der Waals surface area contributed by atoms with Gasteiger partial charge in [-0.25, -0.2) is 0 Å². The van der Waals surface area contributed by atoms with Gasteiger partial charge in [-0.3, -0.25) is 10.1 Å². The summed E-state index contributed by atoms with van der Waals surface area (Å²) >= 11 is 0. The molecule has 0 saturated heterocycles. The minimum absolute atomic E-state index is 0.0396. The monoisotopic (exact) mass is 360 g/mol. The van der Waals surface area contributed by atoms with Crippen LogP contribution in [0, 0.1) is 10.1 Å². The SMILES string of the molecule is O=[N+]([O-])c1ccc(C2NCCc3cc(OCc4ccccc4)ccc32)cc1. The second-order valence-corrected chi connectivity index (χ2v) is 6.62. The smallest absolute Gasteiger partial charge is 0.269 e. The van der Waals surface area contributed by atoms with Crippen molar-refractivity contribution in [1.29, 1.82) is 0 Å². The number of nitro groups is 1. The van der Waals surface area contributed by atoms with Crippen LogP contribution in [0.2, 0.25) is 0 Å². The lowest BCUT2D eigenvalue weighted by atomic mass is 9.89. The van der Waals surface area contributed by atoms with E-state index in [1.165, 1.54) is 11.1 Å². The van der Waals surface area contributed by atoms with Gasteiger partial charge in [0.25, 0.3) is 5.69 Å². The van der Waals surface area contributed by atoms with Crippen molar-refractivity contribution in [1.82, 2.24) is 5.32 Å². The minimum Gasteiger partial charge on any atom is -0.489 e. The second-order valence-electron chi connectivity index (χ2n) is 6.62. The number of rotatable bonds is 5. The van der Waals surface area contributed by atoms with E-state index < -0.39 is 0 Å².